The molecule has 0 atom stereocenters. The van der Waals surface area contributed by atoms with Crippen molar-refractivity contribution in [1.82, 2.24) is 4.90 Å². The molecule has 4 heteroatoms. The first-order valence-corrected chi connectivity index (χ1v) is 14.2. The van der Waals surface area contributed by atoms with Crippen molar-refractivity contribution in [3.8, 4) is 11.8 Å². The van der Waals surface area contributed by atoms with Gasteiger partial charge in [-0.05, 0) is 116 Å². The predicted octanol–water partition coefficient (Wildman–Crippen LogP) is 6.65. The third-order valence-electron chi connectivity index (χ3n) is 8.48. The summed E-state index contributed by atoms with van der Waals surface area (Å²) in [5.74, 6) is 7.57. The maximum absolute atomic E-state index is 13.6. The van der Waals surface area contributed by atoms with Crippen molar-refractivity contribution in [2.24, 2.45) is 5.92 Å². The summed E-state index contributed by atoms with van der Waals surface area (Å²) in [5, 5.41) is 0. The van der Waals surface area contributed by atoms with E-state index in [-0.39, 0.29) is 11.6 Å². The minimum absolute atomic E-state index is 0.112. The minimum atomic E-state index is 0.112. The van der Waals surface area contributed by atoms with Crippen molar-refractivity contribution < 1.29 is 9.59 Å². The van der Waals surface area contributed by atoms with Gasteiger partial charge in [-0.15, -0.1) is 0 Å². The number of hydrogen-bond acceptors (Lipinski definition) is 4. The van der Waals surface area contributed by atoms with E-state index < -0.39 is 0 Å². The largest absolute Gasteiger partial charge is 0.369 e. The highest BCUT2D eigenvalue weighted by atomic mass is 16.1. The Bertz CT molecular complexity index is 1160. The standard InChI is InChI=1S/C33H44N2O2/c1-7-35(28-14-12-27(13-15-28)34(5)6)31-21-26(11-10-25-8-9-25)20-30(24(31)4)32(36)17-16-29-23(3)18-22(2)19-33(29)37/h18,20-21,25,27-28H,7-9,12-17,19H2,1-6H3. The number of nitrogens with zero attached hydrogens (tertiary/aromatic N) is 2. The zero-order chi connectivity index (χ0) is 26.7. The van der Waals surface area contributed by atoms with Crippen LogP contribution in [0.25, 0.3) is 0 Å². The molecular formula is C33H44N2O2. The third kappa shape index (κ3) is 6.63. The summed E-state index contributed by atoms with van der Waals surface area (Å²) in [6.45, 7) is 9.21. The molecule has 3 aliphatic carbocycles. The van der Waals surface area contributed by atoms with E-state index in [9.17, 15) is 9.59 Å². The van der Waals surface area contributed by atoms with Crippen LogP contribution in [0.15, 0.2) is 34.9 Å². The molecule has 0 saturated heterocycles. The molecule has 0 heterocycles. The summed E-state index contributed by atoms with van der Waals surface area (Å²) < 4.78 is 0. The number of allylic oxidation sites excluding steroid dienone is 4. The number of Topliss-reactive ketones (excluding diaryl/α,β-unsaturated/α-hetero) is 2. The van der Waals surface area contributed by atoms with E-state index in [1.807, 2.05) is 19.9 Å². The van der Waals surface area contributed by atoms with Crippen molar-refractivity contribution in [3.05, 3.63) is 51.6 Å². The van der Waals surface area contributed by atoms with Gasteiger partial charge in [-0.25, -0.2) is 0 Å². The van der Waals surface area contributed by atoms with Crippen LogP contribution in [0.2, 0.25) is 0 Å². The predicted molar refractivity (Wildman–Crippen MR) is 153 cm³/mol. The molecule has 0 N–H and O–H groups in total. The molecule has 0 aliphatic heterocycles. The van der Waals surface area contributed by atoms with Crippen LogP contribution in [0.5, 0.6) is 0 Å². The molecule has 0 radical (unpaired) electrons. The summed E-state index contributed by atoms with van der Waals surface area (Å²) in [4.78, 5) is 31.1. The Balaban J connectivity index is 1.61. The number of hydrogen-bond donors (Lipinski definition) is 0. The van der Waals surface area contributed by atoms with Gasteiger partial charge in [-0.2, -0.15) is 0 Å². The Morgan fingerprint density at radius 3 is 2.27 bits per heavy atom. The average Bonchev–Trinajstić information content (AvgIpc) is 3.68. The van der Waals surface area contributed by atoms with Crippen LogP contribution in [0.4, 0.5) is 5.69 Å². The Kier molecular flexibility index (Phi) is 8.75. The van der Waals surface area contributed by atoms with Gasteiger partial charge in [0.05, 0.1) is 0 Å². The van der Waals surface area contributed by atoms with Crippen molar-refractivity contribution in [2.45, 2.75) is 97.6 Å². The van der Waals surface area contributed by atoms with E-state index >= 15 is 0 Å². The molecule has 0 amide bonds. The highest BCUT2D eigenvalue weighted by molar-refractivity contribution is 6.02. The lowest BCUT2D eigenvalue weighted by Crippen LogP contribution is -2.42. The second-order valence-corrected chi connectivity index (χ2v) is 11.6. The van der Waals surface area contributed by atoms with Crippen LogP contribution in [-0.2, 0) is 4.79 Å². The molecule has 0 bridgehead atoms. The Labute approximate surface area is 224 Å². The molecule has 37 heavy (non-hydrogen) atoms. The monoisotopic (exact) mass is 500 g/mol. The van der Waals surface area contributed by atoms with Crippen molar-refractivity contribution in [1.29, 1.82) is 0 Å². The molecule has 1 aromatic carbocycles. The van der Waals surface area contributed by atoms with Gasteiger partial charge in [-0.1, -0.05) is 23.5 Å². The topological polar surface area (TPSA) is 40.6 Å². The van der Waals surface area contributed by atoms with Gasteiger partial charge in [0.1, 0.15) is 0 Å². The smallest absolute Gasteiger partial charge is 0.163 e. The number of anilines is 1. The molecule has 1 aromatic rings. The van der Waals surface area contributed by atoms with Crippen LogP contribution < -0.4 is 4.90 Å². The fraction of sp³-hybridized carbons (Fsp3) is 0.576. The highest BCUT2D eigenvalue weighted by Crippen LogP contribution is 2.34. The first kappa shape index (κ1) is 27.4. The molecule has 2 fully saturated rings. The van der Waals surface area contributed by atoms with E-state index in [0.717, 1.165) is 45.6 Å². The van der Waals surface area contributed by atoms with Gasteiger partial charge in [0.15, 0.2) is 11.6 Å². The lowest BCUT2D eigenvalue weighted by Gasteiger charge is -2.40. The molecule has 198 valence electrons. The second kappa shape index (κ2) is 11.8. The van der Waals surface area contributed by atoms with Gasteiger partial charge in [0.25, 0.3) is 0 Å². The molecule has 0 spiro atoms. The molecule has 0 aromatic heterocycles. The molecule has 2 saturated carbocycles. The van der Waals surface area contributed by atoms with Crippen LogP contribution in [-0.4, -0.2) is 49.2 Å². The summed E-state index contributed by atoms with van der Waals surface area (Å²) in [7, 11) is 4.37. The van der Waals surface area contributed by atoms with Crippen LogP contribution >= 0.6 is 0 Å². The molecular weight excluding hydrogens is 456 g/mol. The highest BCUT2D eigenvalue weighted by Gasteiger charge is 2.28. The number of benzene rings is 1. The normalized spacial score (nSPS) is 22.0. The fourth-order valence-electron chi connectivity index (χ4n) is 6.08. The summed E-state index contributed by atoms with van der Waals surface area (Å²) in [6.07, 6.45) is 10.5. The molecule has 4 rings (SSSR count). The second-order valence-electron chi connectivity index (χ2n) is 11.6. The van der Waals surface area contributed by atoms with E-state index in [1.165, 1.54) is 38.5 Å². The minimum Gasteiger partial charge on any atom is -0.369 e. The zero-order valence-electron chi connectivity index (χ0n) is 23.7. The quantitative estimate of drug-likeness (QED) is 0.296. The van der Waals surface area contributed by atoms with Crippen LogP contribution in [0, 0.1) is 24.7 Å². The summed E-state index contributed by atoms with van der Waals surface area (Å²) in [6, 6.07) is 5.36. The first-order valence-electron chi connectivity index (χ1n) is 14.2. The van der Waals surface area contributed by atoms with Gasteiger partial charge in [0.2, 0.25) is 0 Å². The first-order chi connectivity index (χ1) is 17.7. The third-order valence-corrected chi connectivity index (χ3v) is 8.48. The van der Waals surface area contributed by atoms with E-state index in [4.69, 9.17) is 0 Å². The Morgan fingerprint density at radius 2 is 1.68 bits per heavy atom. The fourth-order valence-corrected chi connectivity index (χ4v) is 6.08. The number of carbonyl (C=O) groups is 2. The maximum Gasteiger partial charge on any atom is 0.163 e. The number of ketones is 2. The zero-order valence-corrected chi connectivity index (χ0v) is 23.7. The van der Waals surface area contributed by atoms with Gasteiger partial charge in [-0.3, -0.25) is 9.59 Å². The molecule has 3 aliphatic rings. The van der Waals surface area contributed by atoms with Crippen LogP contribution in [0.3, 0.4) is 0 Å². The average molecular weight is 501 g/mol. The van der Waals surface area contributed by atoms with Gasteiger partial charge >= 0.3 is 0 Å². The summed E-state index contributed by atoms with van der Waals surface area (Å²) >= 11 is 0. The van der Waals surface area contributed by atoms with Crippen molar-refractivity contribution in [3.63, 3.8) is 0 Å². The van der Waals surface area contributed by atoms with Gasteiger partial charge < -0.3 is 9.80 Å². The SMILES string of the molecule is CCN(c1cc(C#CC2CC2)cc(C(=O)CCC2=C(C)C=C(C)CC2=O)c1C)C1CCC(N(C)C)CC1. The number of carbonyl (C=O) groups excluding carboxylic acids is 2. The Morgan fingerprint density at radius 1 is 1.00 bits per heavy atom. The summed E-state index contributed by atoms with van der Waals surface area (Å²) in [5.41, 5.74) is 6.84. The lowest BCUT2D eigenvalue weighted by atomic mass is 9.87. The van der Waals surface area contributed by atoms with Crippen molar-refractivity contribution >= 4 is 17.3 Å². The van der Waals surface area contributed by atoms with E-state index in [1.54, 1.807) is 0 Å². The molecule has 0 unspecified atom stereocenters. The van der Waals surface area contributed by atoms with Crippen molar-refractivity contribution in [2.75, 3.05) is 25.5 Å². The van der Waals surface area contributed by atoms with E-state index in [2.05, 4.69) is 61.7 Å². The van der Waals surface area contributed by atoms with Gasteiger partial charge in [0, 0.05) is 54.2 Å². The Hall–Kier alpha value is -2.64. The van der Waals surface area contributed by atoms with Crippen LogP contribution in [0.1, 0.15) is 100 Å². The van der Waals surface area contributed by atoms with E-state index in [0.29, 0.717) is 37.3 Å². The molecule has 4 nitrogen and oxygen atoms in total. The maximum atomic E-state index is 13.6. The number of rotatable bonds is 8. The lowest BCUT2D eigenvalue weighted by molar-refractivity contribution is -0.115.